The summed E-state index contributed by atoms with van der Waals surface area (Å²) in [6, 6.07) is 11.2. The van der Waals surface area contributed by atoms with E-state index in [1.54, 1.807) is 24.7 Å². The Morgan fingerprint density at radius 2 is 1.83 bits per heavy atom. The van der Waals surface area contributed by atoms with Crippen LogP contribution < -0.4 is 5.43 Å². The first-order chi connectivity index (χ1) is 14.5. The van der Waals surface area contributed by atoms with E-state index in [1.807, 2.05) is 42.0 Å². The molecule has 1 aliphatic heterocycles. The molecule has 1 aromatic carbocycles. The number of hydrogen-bond donors (Lipinski definition) is 1. The van der Waals surface area contributed by atoms with Gasteiger partial charge < -0.3 is 4.57 Å². The Bertz CT molecular complexity index is 1100. The molecule has 0 saturated carbocycles. The smallest absolute Gasteiger partial charge is 0.244 e. The van der Waals surface area contributed by atoms with E-state index < -0.39 is 10.0 Å². The molecule has 1 aliphatic rings. The molecule has 0 aliphatic carbocycles. The minimum atomic E-state index is -3.48. The number of aromatic nitrogens is 3. The van der Waals surface area contributed by atoms with E-state index in [1.165, 1.54) is 10.5 Å². The lowest BCUT2D eigenvalue weighted by Crippen LogP contribution is -2.35. The zero-order valence-electron chi connectivity index (χ0n) is 16.8. The summed E-state index contributed by atoms with van der Waals surface area (Å²) in [5.74, 6) is 0.488. The summed E-state index contributed by atoms with van der Waals surface area (Å²) in [5, 5.41) is 4.36. The summed E-state index contributed by atoms with van der Waals surface area (Å²) in [6.07, 6.45) is 9.65. The molecule has 0 amide bonds. The van der Waals surface area contributed by atoms with Crippen LogP contribution in [-0.4, -0.2) is 46.1 Å². The molecule has 3 aromatic rings. The standard InChI is InChI=1S/C21H24N6O2S/c1-17(18-5-7-19(8-6-18)26-14-11-22-16-26)24-25-21-10-9-20(15-23-21)30(28,29)27-12-3-2-4-13-27/h5-11,14-16H,2-4,12-13H2,1H3,(H,23,25)/b24-17+. The molecule has 1 N–H and O–H groups in total. The first-order valence-corrected chi connectivity index (χ1v) is 11.3. The number of pyridine rings is 1. The van der Waals surface area contributed by atoms with Gasteiger partial charge in [0, 0.05) is 37.4 Å². The van der Waals surface area contributed by atoms with Crippen molar-refractivity contribution < 1.29 is 8.42 Å². The summed E-state index contributed by atoms with van der Waals surface area (Å²) in [5.41, 5.74) is 5.67. The monoisotopic (exact) mass is 424 g/mol. The lowest BCUT2D eigenvalue weighted by Gasteiger charge is -2.25. The van der Waals surface area contributed by atoms with Crippen LogP contribution in [0.5, 0.6) is 0 Å². The van der Waals surface area contributed by atoms with Crippen LogP contribution in [0.4, 0.5) is 5.82 Å². The number of anilines is 1. The maximum atomic E-state index is 12.7. The van der Waals surface area contributed by atoms with E-state index in [-0.39, 0.29) is 4.90 Å². The fraction of sp³-hybridized carbons (Fsp3) is 0.286. The number of sulfonamides is 1. The fourth-order valence-corrected chi connectivity index (χ4v) is 4.81. The van der Waals surface area contributed by atoms with Crippen molar-refractivity contribution in [2.45, 2.75) is 31.1 Å². The normalized spacial score (nSPS) is 15.8. The minimum absolute atomic E-state index is 0.214. The van der Waals surface area contributed by atoms with Crippen LogP contribution in [0, 0.1) is 0 Å². The summed E-state index contributed by atoms with van der Waals surface area (Å²) in [7, 11) is -3.48. The second kappa shape index (κ2) is 8.76. The first-order valence-electron chi connectivity index (χ1n) is 9.89. The molecule has 1 saturated heterocycles. The zero-order chi connectivity index (χ0) is 21.0. The third kappa shape index (κ3) is 4.42. The first kappa shape index (κ1) is 20.2. The van der Waals surface area contributed by atoms with Gasteiger partial charge in [-0.1, -0.05) is 18.6 Å². The zero-order valence-corrected chi connectivity index (χ0v) is 17.6. The van der Waals surface area contributed by atoms with Crippen LogP contribution >= 0.6 is 0 Å². The highest BCUT2D eigenvalue weighted by molar-refractivity contribution is 7.89. The predicted octanol–water partition coefficient (Wildman–Crippen LogP) is 3.28. The Labute approximate surface area is 176 Å². The number of hydrogen-bond acceptors (Lipinski definition) is 6. The third-order valence-corrected chi connectivity index (χ3v) is 7.00. The van der Waals surface area contributed by atoms with Gasteiger partial charge in [-0.2, -0.15) is 9.41 Å². The van der Waals surface area contributed by atoms with E-state index >= 15 is 0 Å². The molecule has 8 nitrogen and oxygen atoms in total. The van der Waals surface area contributed by atoms with Crippen LogP contribution in [0.3, 0.4) is 0 Å². The number of benzene rings is 1. The number of imidazole rings is 1. The molecular formula is C21H24N6O2S. The molecular weight excluding hydrogens is 400 g/mol. The van der Waals surface area contributed by atoms with E-state index in [4.69, 9.17) is 0 Å². The van der Waals surface area contributed by atoms with Gasteiger partial charge in [0.15, 0.2) is 0 Å². The van der Waals surface area contributed by atoms with Crippen molar-refractivity contribution in [1.29, 1.82) is 0 Å². The van der Waals surface area contributed by atoms with Gasteiger partial charge in [-0.15, -0.1) is 0 Å². The maximum Gasteiger partial charge on any atom is 0.244 e. The van der Waals surface area contributed by atoms with Gasteiger partial charge in [0.2, 0.25) is 10.0 Å². The quantitative estimate of drug-likeness (QED) is 0.484. The lowest BCUT2D eigenvalue weighted by atomic mass is 10.1. The molecule has 30 heavy (non-hydrogen) atoms. The van der Waals surface area contributed by atoms with E-state index in [0.717, 1.165) is 36.2 Å². The Kier molecular flexibility index (Phi) is 5.91. The summed E-state index contributed by atoms with van der Waals surface area (Å²) < 4.78 is 28.9. The maximum absolute atomic E-state index is 12.7. The SMILES string of the molecule is C/C(=N\Nc1ccc(S(=O)(=O)N2CCCCC2)cn1)c1ccc(-n2ccnc2)cc1. The van der Waals surface area contributed by atoms with Gasteiger partial charge in [-0.05, 0) is 49.6 Å². The average molecular weight is 425 g/mol. The van der Waals surface area contributed by atoms with Gasteiger partial charge in [-0.25, -0.2) is 18.4 Å². The van der Waals surface area contributed by atoms with Crippen molar-refractivity contribution in [3.8, 4) is 5.69 Å². The number of nitrogens with one attached hydrogen (secondary N) is 1. The highest BCUT2D eigenvalue weighted by atomic mass is 32.2. The molecule has 9 heteroatoms. The number of hydrazone groups is 1. The van der Waals surface area contributed by atoms with E-state index in [9.17, 15) is 8.42 Å². The second-order valence-corrected chi connectivity index (χ2v) is 9.11. The predicted molar refractivity (Wildman–Crippen MR) is 116 cm³/mol. The molecule has 0 radical (unpaired) electrons. The fourth-order valence-electron chi connectivity index (χ4n) is 3.35. The van der Waals surface area contributed by atoms with Gasteiger partial charge >= 0.3 is 0 Å². The third-order valence-electron chi connectivity index (χ3n) is 5.11. The van der Waals surface area contributed by atoms with Crippen molar-refractivity contribution >= 4 is 21.6 Å². The Morgan fingerprint density at radius 1 is 1.07 bits per heavy atom. The largest absolute Gasteiger partial charge is 0.306 e. The van der Waals surface area contributed by atoms with Crippen molar-refractivity contribution in [3.05, 3.63) is 66.9 Å². The van der Waals surface area contributed by atoms with Gasteiger partial charge in [0.25, 0.3) is 0 Å². The molecule has 0 spiro atoms. The highest BCUT2D eigenvalue weighted by Gasteiger charge is 2.26. The summed E-state index contributed by atoms with van der Waals surface area (Å²) in [6.45, 7) is 3.05. The van der Waals surface area contributed by atoms with Crippen LogP contribution in [0.15, 0.2) is 71.3 Å². The molecule has 0 atom stereocenters. The topological polar surface area (TPSA) is 92.5 Å². The number of nitrogens with zero attached hydrogens (tertiary/aromatic N) is 5. The van der Waals surface area contributed by atoms with Gasteiger partial charge in [0.1, 0.15) is 10.7 Å². The van der Waals surface area contributed by atoms with E-state index in [2.05, 4.69) is 20.5 Å². The second-order valence-electron chi connectivity index (χ2n) is 7.17. The lowest BCUT2D eigenvalue weighted by molar-refractivity contribution is 0.346. The molecule has 1 fully saturated rings. The molecule has 0 bridgehead atoms. The van der Waals surface area contributed by atoms with Crippen molar-refractivity contribution in [2.75, 3.05) is 18.5 Å². The van der Waals surface area contributed by atoms with Crippen LogP contribution in [0.25, 0.3) is 5.69 Å². The van der Waals surface area contributed by atoms with E-state index in [0.29, 0.717) is 18.9 Å². The molecule has 2 aromatic heterocycles. The Balaban J connectivity index is 1.42. The van der Waals surface area contributed by atoms with Crippen molar-refractivity contribution in [1.82, 2.24) is 18.8 Å². The molecule has 4 rings (SSSR count). The number of rotatable bonds is 6. The van der Waals surface area contributed by atoms with Crippen LogP contribution in [0.2, 0.25) is 0 Å². The molecule has 156 valence electrons. The highest BCUT2D eigenvalue weighted by Crippen LogP contribution is 2.20. The number of piperidine rings is 1. The Morgan fingerprint density at radius 3 is 2.47 bits per heavy atom. The summed E-state index contributed by atoms with van der Waals surface area (Å²) >= 11 is 0. The van der Waals surface area contributed by atoms with Crippen LogP contribution in [-0.2, 0) is 10.0 Å². The van der Waals surface area contributed by atoms with Gasteiger partial charge in [0.05, 0.1) is 12.0 Å². The van der Waals surface area contributed by atoms with Crippen molar-refractivity contribution in [3.63, 3.8) is 0 Å². The minimum Gasteiger partial charge on any atom is -0.306 e. The summed E-state index contributed by atoms with van der Waals surface area (Å²) in [4.78, 5) is 8.48. The Hall–Kier alpha value is -3.04. The molecule has 3 heterocycles. The van der Waals surface area contributed by atoms with Crippen molar-refractivity contribution in [2.24, 2.45) is 5.10 Å². The molecule has 0 unspecified atom stereocenters. The van der Waals surface area contributed by atoms with Gasteiger partial charge in [-0.3, -0.25) is 5.43 Å². The average Bonchev–Trinajstić information content (AvgIpc) is 3.33. The van der Waals surface area contributed by atoms with Crippen LogP contribution in [0.1, 0.15) is 31.7 Å².